The van der Waals surface area contributed by atoms with Crippen LogP contribution in [0.1, 0.15) is 27.6 Å². The van der Waals surface area contributed by atoms with Crippen molar-refractivity contribution < 1.29 is 0 Å². The van der Waals surface area contributed by atoms with Gasteiger partial charge in [0.25, 0.3) is 0 Å². The van der Waals surface area contributed by atoms with E-state index in [1.807, 2.05) is 36.1 Å². The van der Waals surface area contributed by atoms with E-state index in [0.717, 1.165) is 41.9 Å². The van der Waals surface area contributed by atoms with Gasteiger partial charge in [0, 0.05) is 31.0 Å². The number of hydrogen-bond donors (Lipinski definition) is 0. The molecule has 6 nitrogen and oxygen atoms in total. The Hall–Kier alpha value is -2.38. The highest BCUT2D eigenvalue weighted by Gasteiger charge is 2.16. The number of aryl methyl sites for hydroxylation is 2. The maximum absolute atomic E-state index is 4.48. The molecule has 128 valence electrons. The van der Waals surface area contributed by atoms with Gasteiger partial charge in [0.1, 0.15) is 10.0 Å². The minimum absolute atomic E-state index is 0.857. The molecule has 0 unspecified atom stereocenters. The van der Waals surface area contributed by atoms with Crippen molar-refractivity contribution in [2.24, 2.45) is 0 Å². The van der Waals surface area contributed by atoms with Crippen LogP contribution in [0.25, 0.3) is 11.4 Å². The first-order valence-electron chi connectivity index (χ1n) is 8.36. The Kier molecular flexibility index (Phi) is 4.42. The molecule has 0 aliphatic carbocycles. The van der Waals surface area contributed by atoms with E-state index in [4.69, 9.17) is 0 Å². The van der Waals surface area contributed by atoms with Crippen molar-refractivity contribution in [2.45, 2.75) is 26.8 Å². The summed E-state index contributed by atoms with van der Waals surface area (Å²) in [4.78, 5) is 6.79. The quantitative estimate of drug-likeness (QED) is 0.722. The summed E-state index contributed by atoms with van der Waals surface area (Å²) in [6, 6.07) is 4.03. The van der Waals surface area contributed by atoms with Gasteiger partial charge in [-0.05, 0) is 43.5 Å². The van der Waals surface area contributed by atoms with Crippen LogP contribution in [0.2, 0.25) is 0 Å². The molecule has 4 rings (SSSR count). The van der Waals surface area contributed by atoms with E-state index < -0.39 is 0 Å². The molecule has 25 heavy (non-hydrogen) atoms. The molecule has 0 N–H and O–H groups in total. The normalized spacial score (nSPS) is 15.4. The van der Waals surface area contributed by atoms with Gasteiger partial charge in [-0.2, -0.15) is 5.10 Å². The van der Waals surface area contributed by atoms with Gasteiger partial charge in [-0.1, -0.05) is 6.08 Å². The van der Waals surface area contributed by atoms with E-state index in [-0.39, 0.29) is 0 Å². The standard InChI is InChI=1S/C18H20N6S/c1-13-3-6-19-17(9-13)24-11-16(10-20-24)15-4-7-23(8-5-15)12-18-22-21-14(2)25-18/h3-4,6,9-11H,5,7-8,12H2,1-2H3. The van der Waals surface area contributed by atoms with E-state index in [1.54, 1.807) is 11.3 Å². The van der Waals surface area contributed by atoms with Gasteiger partial charge in [0.05, 0.1) is 12.7 Å². The molecular weight excluding hydrogens is 332 g/mol. The zero-order valence-corrected chi connectivity index (χ0v) is 15.2. The Balaban J connectivity index is 1.45. The largest absolute Gasteiger partial charge is 0.293 e. The summed E-state index contributed by atoms with van der Waals surface area (Å²) in [7, 11) is 0. The Bertz CT molecular complexity index is 910. The molecule has 0 spiro atoms. The zero-order chi connectivity index (χ0) is 17.2. The molecule has 3 aromatic heterocycles. The molecule has 3 aromatic rings. The summed E-state index contributed by atoms with van der Waals surface area (Å²) in [5.74, 6) is 0.857. The third-order valence-corrected chi connectivity index (χ3v) is 5.13. The fourth-order valence-corrected chi connectivity index (χ4v) is 3.72. The Labute approximate surface area is 150 Å². The van der Waals surface area contributed by atoms with E-state index in [2.05, 4.69) is 44.4 Å². The van der Waals surface area contributed by atoms with Gasteiger partial charge in [0.2, 0.25) is 0 Å². The fraction of sp³-hybridized carbons (Fsp3) is 0.333. The second-order valence-electron chi connectivity index (χ2n) is 6.29. The van der Waals surface area contributed by atoms with Crippen LogP contribution in [-0.4, -0.2) is 43.0 Å². The molecule has 0 amide bonds. The van der Waals surface area contributed by atoms with Crippen molar-refractivity contribution >= 4 is 16.9 Å². The topological polar surface area (TPSA) is 59.7 Å². The van der Waals surface area contributed by atoms with Crippen LogP contribution >= 0.6 is 11.3 Å². The zero-order valence-electron chi connectivity index (χ0n) is 14.4. The summed E-state index contributed by atoms with van der Waals surface area (Å²) in [5.41, 5.74) is 3.71. The lowest BCUT2D eigenvalue weighted by atomic mass is 10.0. The van der Waals surface area contributed by atoms with Crippen molar-refractivity contribution in [3.63, 3.8) is 0 Å². The lowest BCUT2D eigenvalue weighted by Crippen LogP contribution is -2.27. The molecule has 0 radical (unpaired) electrons. The summed E-state index contributed by atoms with van der Waals surface area (Å²) in [6.45, 7) is 6.89. The number of hydrogen-bond acceptors (Lipinski definition) is 6. The van der Waals surface area contributed by atoms with E-state index in [1.165, 1.54) is 16.7 Å². The molecule has 0 aromatic carbocycles. The minimum Gasteiger partial charge on any atom is -0.293 e. The second kappa shape index (κ2) is 6.85. The molecule has 0 atom stereocenters. The Morgan fingerprint density at radius 2 is 2.16 bits per heavy atom. The first-order valence-corrected chi connectivity index (χ1v) is 9.17. The number of pyridine rings is 1. The first-order chi connectivity index (χ1) is 12.2. The van der Waals surface area contributed by atoms with Gasteiger partial charge in [0.15, 0.2) is 5.82 Å². The summed E-state index contributed by atoms with van der Waals surface area (Å²) < 4.78 is 1.85. The van der Waals surface area contributed by atoms with E-state index in [9.17, 15) is 0 Å². The van der Waals surface area contributed by atoms with Crippen LogP contribution in [0.15, 0.2) is 36.8 Å². The van der Waals surface area contributed by atoms with Crippen molar-refractivity contribution in [3.05, 3.63) is 57.9 Å². The Morgan fingerprint density at radius 3 is 2.88 bits per heavy atom. The third-order valence-electron chi connectivity index (χ3n) is 4.31. The summed E-state index contributed by atoms with van der Waals surface area (Å²) in [5, 5.41) is 14.9. The van der Waals surface area contributed by atoms with Crippen molar-refractivity contribution in [2.75, 3.05) is 13.1 Å². The molecule has 7 heteroatoms. The van der Waals surface area contributed by atoms with Gasteiger partial charge in [-0.15, -0.1) is 21.5 Å². The van der Waals surface area contributed by atoms with Gasteiger partial charge in [-0.25, -0.2) is 9.67 Å². The molecule has 4 heterocycles. The maximum atomic E-state index is 4.48. The monoisotopic (exact) mass is 352 g/mol. The first kappa shape index (κ1) is 16.1. The van der Waals surface area contributed by atoms with Gasteiger partial charge < -0.3 is 0 Å². The van der Waals surface area contributed by atoms with Crippen LogP contribution in [-0.2, 0) is 6.54 Å². The van der Waals surface area contributed by atoms with Crippen LogP contribution < -0.4 is 0 Å². The van der Waals surface area contributed by atoms with Crippen LogP contribution in [0.3, 0.4) is 0 Å². The minimum atomic E-state index is 0.857. The van der Waals surface area contributed by atoms with Crippen molar-refractivity contribution in [1.29, 1.82) is 0 Å². The Morgan fingerprint density at radius 1 is 1.24 bits per heavy atom. The third kappa shape index (κ3) is 3.67. The molecule has 0 saturated carbocycles. The van der Waals surface area contributed by atoms with Crippen LogP contribution in [0.4, 0.5) is 0 Å². The molecule has 0 bridgehead atoms. The molecule has 1 aliphatic heterocycles. The highest BCUT2D eigenvalue weighted by Crippen LogP contribution is 2.24. The van der Waals surface area contributed by atoms with Gasteiger partial charge in [-0.3, -0.25) is 4.90 Å². The summed E-state index contributed by atoms with van der Waals surface area (Å²) in [6.07, 6.45) is 9.13. The van der Waals surface area contributed by atoms with Crippen molar-refractivity contribution in [3.8, 4) is 5.82 Å². The highest BCUT2D eigenvalue weighted by atomic mass is 32.1. The van der Waals surface area contributed by atoms with E-state index >= 15 is 0 Å². The molecular formula is C18H20N6S. The lowest BCUT2D eigenvalue weighted by Gasteiger charge is -2.24. The number of aromatic nitrogens is 5. The van der Waals surface area contributed by atoms with Crippen LogP contribution in [0.5, 0.6) is 0 Å². The number of nitrogens with zero attached hydrogens (tertiary/aromatic N) is 6. The average Bonchev–Trinajstić information content (AvgIpc) is 3.25. The van der Waals surface area contributed by atoms with Crippen molar-refractivity contribution in [1.82, 2.24) is 29.9 Å². The SMILES string of the molecule is Cc1ccnc(-n2cc(C3=CCN(Cc4nnc(C)s4)CC3)cn2)c1. The predicted octanol–water partition coefficient (Wildman–Crippen LogP) is 3.02. The van der Waals surface area contributed by atoms with Gasteiger partial charge >= 0.3 is 0 Å². The van der Waals surface area contributed by atoms with E-state index in [0.29, 0.717) is 0 Å². The molecule has 1 aliphatic rings. The predicted molar refractivity (Wildman–Crippen MR) is 98.6 cm³/mol. The summed E-state index contributed by atoms with van der Waals surface area (Å²) >= 11 is 1.68. The average molecular weight is 352 g/mol. The highest BCUT2D eigenvalue weighted by molar-refractivity contribution is 7.11. The molecule has 0 fully saturated rings. The lowest BCUT2D eigenvalue weighted by molar-refractivity contribution is 0.292. The fourth-order valence-electron chi connectivity index (χ4n) is 2.97. The maximum Gasteiger partial charge on any atom is 0.153 e. The number of rotatable bonds is 4. The molecule has 0 saturated heterocycles. The second-order valence-corrected chi connectivity index (χ2v) is 7.56. The van der Waals surface area contributed by atoms with Crippen LogP contribution in [0, 0.1) is 13.8 Å². The smallest absolute Gasteiger partial charge is 0.153 e.